The minimum atomic E-state index is -3.84. The Hall–Kier alpha value is -2.48. The highest BCUT2D eigenvalue weighted by molar-refractivity contribution is 9.10. The highest BCUT2D eigenvalue weighted by atomic mass is 79.9. The number of carbonyl (C=O) groups is 1. The first-order valence-corrected chi connectivity index (χ1v) is 12.6. The van der Waals surface area contributed by atoms with E-state index in [9.17, 15) is 13.2 Å². The van der Waals surface area contributed by atoms with Crippen molar-refractivity contribution in [2.45, 2.75) is 32.1 Å². The van der Waals surface area contributed by atoms with Crippen molar-refractivity contribution in [3.05, 3.63) is 93.5 Å². The second-order valence-corrected chi connectivity index (χ2v) is 10.7. The molecule has 7 heteroatoms. The molecule has 0 heterocycles. The van der Waals surface area contributed by atoms with E-state index in [0.717, 1.165) is 26.7 Å². The topological polar surface area (TPSA) is 66.5 Å². The average molecular weight is 515 g/mol. The van der Waals surface area contributed by atoms with Gasteiger partial charge in [-0.1, -0.05) is 64.0 Å². The van der Waals surface area contributed by atoms with Gasteiger partial charge in [0.1, 0.15) is 0 Å². The predicted molar refractivity (Wildman–Crippen MR) is 132 cm³/mol. The molecule has 3 rings (SSSR count). The zero-order chi connectivity index (χ0) is 23.3. The molecular weight excluding hydrogens is 488 g/mol. The normalized spacial score (nSPS) is 11.5. The highest BCUT2D eigenvalue weighted by Gasteiger charge is 2.27. The molecule has 0 bridgehead atoms. The zero-order valence-electron chi connectivity index (χ0n) is 18.4. The maximum atomic E-state index is 13.4. The lowest BCUT2D eigenvalue weighted by Gasteiger charge is -2.22. The van der Waals surface area contributed by atoms with E-state index in [4.69, 9.17) is 0 Å². The molecule has 0 radical (unpaired) electrons. The first kappa shape index (κ1) is 24.2. The second-order valence-electron chi connectivity index (χ2n) is 7.85. The van der Waals surface area contributed by atoms with E-state index in [1.54, 1.807) is 24.3 Å². The number of hydrogen-bond acceptors (Lipinski definition) is 3. The molecule has 0 spiro atoms. The van der Waals surface area contributed by atoms with Crippen molar-refractivity contribution in [3.8, 4) is 0 Å². The summed E-state index contributed by atoms with van der Waals surface area (Å²) in [5, 5.41) is 2.90. The van der Waals surface area contributed by atoms with Gasteiger partial charge >= 0.3 is 0 Å². The number of benzene rings is 3. The molecule has 0 aliphatic heterocycles. The van der Waals surface area contributed by atoms with E-state index in [1.807, 2.05) is 63.2 Å². The smallest absolute Gasteiger partial charge is 0.243 e. The molecule has 0 aromatic heterocycles. The van der Waals surface area contributed by atoms with E-state index in [2.05, 4.69) is 21.2 Å². The summed E-state index contributed by atoms with van der Waals surface area (Å²) in [7, 11) is -3.84. The van der Waals surface area contributed by atoms with Crippen molar-refractivity contribution >= 4 is 37.5 Å². The van der Waals surface area contributed by atoms with Crippen molar-refractivity contribution in [3.63, 3.8) is 0 Å². The first-order chi connectivity index (χ1) is 15.2. The number of hydrogen-bond donors (Lipinski definition) is 1. The molecular formula is C25H27BrN2O3S. The first-order valence-electron chi connectivity index (χ1n) is 10.3. The maximum absolute atomic E-state index is 13.4. The van der Waals surface area contributed by atoms with Crippen LogP contribution in [-0.2, 0) is 21.2 Å². The number of halogens is 1. The number of nitrogens with one attached hydrogen (secondary N) is 1. The molecule has 0 aliphatic rings. The van der Waals surface area contributed by atoms with Gasteiger partial charge in [0.05, 0.1) is 11.4 Å². The SMILES string of the molecule is Cc1ccc(S(=O)(=O)N(CCc2ccccc2)CC(=O)Nc2c(C)cc(Br)cc2C)cc1. The van der Waals surface area contributed by atoms with Crippen LogP contribution in [-0.4, -0.2) is 31.7 Å². The predicted octanol–water partition coefficient (Wildman–Crippen LogP) is 5.25. The van der Waals surface area contributed by atoms with Crippen LogP contribution < -0.4 is 5.32 Å². The van der Waals surface area contributed by atoms with Crippen LogP contribution in [0.3, 0.4) is 0 Å². The van der Waals surface area contributed by atoms with Gasteiger partial charge in [-0.3, -0.25) is 4.79 Å². The van der Waals surface area contributed by atoms with Crippen LogP contribution >= 0.6 is 15.9 Å². The van der Waals surface area contributed by atoms with E-state index in [0.29, 0.717) is 12.1 Å². The Kier molecular flexibility index (Phi) is 7.87. The molecule has 0 saturated carbocycles. The van der Waals surface area contributed by atoms with Gasteiger partial charge in [-0.25, -0.2) is 8.42 Å². The molecule has 0 saturated heterocycles. The molecule has 1 amide bonds. The van der Waals surface area contributed by atoms with Crippen LogP contribution in [0.25, 0.3) is 0 Å². The van der Waals surface area contributed by atoms with Crippen molar-refractivity contribution in [1.82, 2.24) is 4.31 Å². The monoisotopic (exact) mass is 514 g/mol. The lowest BCUT2D eigenvalue weighted by molar-refractivity contribution is -0.116. The summed E-state index contributed by atoms with van der Waals surface area (Å²) in [6.45, 7) is 5.65. The van der Waals surface area contributed by atoms with Crippen LogP contribution in [0, 0.1) is 20.8 Å². The van der Waals surface area contributed by atoms with Gasteiger partial charge < -0.3 is 5.32 Å². The third kappa shape index (κ3) is 6.06. The third-order valence-electron chi connectivity index (χ3n) is 5.23. The molecule has 3 aromatic carbocycles. The van der Waals surface area contributed by atoms with Gasteiger partial charge in [0.2, 0.25) is 15.9 Å². The number of anilines is 1. The van der Waals surface area contributed by atoms with Crippen LogP contribution in [0.1, 0.15) is 22.3 Å². The Labute approximate surface area is 198 Å². The van der Waals surface area contributed by atoms with Gasteiger partial charge in [-0.15, -0.1) is 0 Å². The minimum absolute atomic E-state index is 0.181. The van der Waals surface area contributed by atoms with Crippen LogP contribution in [0.2, 0.25) is 0 Å². The summed E-state index contributed by atoms with van der Waals surface area (Å²) in [6.07, 6.45) is 0.509. The molecule has 3 aromatic rings. The summed E-state index contributed by atoms with van der Waals surface area (Å²) in [6, 6.07) is 20.2. The van der Waals surface area contributed by atoms with Gasteiger partial charge in [0.15, 0.2) is 0 Å². The van der Waals surface area contributed by atoms with E-state index >= 15 is 0 Å². The Bertz CT molecular complexity index is 1170. The fourth-order valence-corrected chi connectivity index (χ4v) is 5.57. The number of sulfonamides is 1. The molecule has 0 fully saturated rings. The van der Waals surface area contributed by atoms with Gasteiger partial charge in [-0.2, -0.15) is 4.31 Å². The Morgan fingerprint density at radius 2 is 1.53 bits per heavy atom. The van der Waals surface area contributed by atoms with Crippen molar-refractivity contribution in [2.75, 3.05) is 18.4 Å². The number of rotatable bonds is 8. The quantitative estimate of drug-likeness (QED) is 0.446. The Morgan fingerprint density at radius 1 is 0.938 bits per heavy atom. The van der Waals surface area contributed by atoms with Gasteiger partial charge in [0.25, 0.3) is 0 Å². The molecule has 0 aliphatic carbocycles. The van der Waals surface area contributed by atoms with Crippen molar-refractivity contribution < 1.29 is 13.2 Å². The van der Waals surface area contributed by atoms with Gasteiger partial charge in [-0.05, 0) is 68.1 Å². The molecule has 0 atom stereocenters. The van der Waals surface area contributed by atoms with Crippen LogP contribution in [0.4, 0.5) is 5.69 Å². The maximum Gasteiger partial charge on any atom is 0.243 e. The van der Waals surface area contributed by atoms with E-state index < -0.39 is 10.0 Å². The number of amides is 1. The summed E-state index contributed by atoms with van der Waals surface area (Å²) in [4.78, 5) is 13.1. The summed E-state index contributed by atoms with van der Waals surface area (Å²) >= 11 is 3.45. The molecule has 168 valence electrons. The van der Waals surface area contributed by atoms with Gasteiger partial charge in [0, 0.05) is 16.7 Å². The standard InChI is InChI=1S/C25H27BrN2O3S/c1-18-9-11-23(12-10-18)32(30,31)28(14-13-21-7-5-4-6-8-21)17-24(29)27-25-19(2)15-22(26)16-20(25)3/h4-12,15-16H,13-14,17H2,1-3H3,(H,27,29). The fraction of sp³-hybridized carbons (Fsp3) is 0.240. The Morgan fingerprint density at radius 3 is 2.12 bits per heavy atom. The lowest BCUT2D eigenvalue weighted by Crippen LogP contribution is -2.39. The van der Waals surface area contributed by atoms with Crippen molar-refractivity contribution in [1.29, 1.82) is 0 Å². The summed E-state index contributed by atoms with van der Waals surface area (Å²) in [5.41, 5.74) is 4.49. The average Bonchev–Trinajstić information content (AvgIpc) is 2.74. The number of nitrogens with zero attached hydrogens (tertiary/aromatic N) is 1. The van der Waals surface area contributed by atoms with Crippen LogP contribution in [0.15, 0.2) is 76.1 Å². The minimum Gasteiger partial charge on any atom is -0.324 e. The molecule has 5 nitrogen and oxygen atoms in total. The third-order valence-corrected chi connectivity index (χ3v) is 7.55. The van der Waals surface area contributed by atoms with Crippen LogP contribution in [0.5, 0.6) is 0 Å². The molecule has 32 heavy (non-hydrogen) atoms. The highest BCUT2D eigenvalue weighted by Crippen LogP contribution is 2.25. The lowest BCUT2D eigenvalue weighted by atomic mass is 10.1. The van der Waals surface area contributed by atoms with Crippen molar-refractivity contribution in [2.24, 2.45) is 0 Å². The second kappa shape index (κ2) is 10.4. The van der Waals surface area contributed by atoms with E-state index in [-0.39, 0.29) is 23.9 Å². The fourth-order valence-electron chi connectivity index (χ4n) is 3.49. The summed E-state index contributed by atoms with van der Waals surface area (Å²) in [5.74, 6) is -0.373. The number of aryl methyl sites for hydroxylation is 3. The Balaban J connectivity index is 1.84. The molecule has 0 unspecified atom stereocenters. The number of carbonyl (C=O) groups excluding carboxylic acids is 1. The molecule has 1 N–H and O–H groups in total. The summed E-state index contributed by atoms with van der Waals surface area (Å²) < 4.78 is 28.9. The zero-order valence-corrected chi connectivity index (χ0v) is 20.8. The van der Waals surface area contributed by atoms with E-state index in [1.165, 1.54) is 4.31 Å². The largest absolute Gasteiger partial charge is 0.324 e.